The van der Waals surface area contributed by atoms with Crippen molar-refractivity contribution in [2.24, 2.45) is 0 Å². The summed E-state index contributed by atoms with van der Waals surface area (Å²) in [5, 5.41) is 6.30. The van der Waals surface area contributed by atoms with E-state index in [2.05, 4.69) is 26.7 Å². The van der Waals surface area contributed by atoms with Crippen LogP contribution in [0.3, 0.4) is 0 Å². The Labute approximate surface area is 187 Å². The molecule has 166 valence electrons. The molecule has 0 unspecified atom stereocenters. The SMILES string of the molecule is CC(C)(Nc1ccccc1F)C(=O)N1CCC(c2ccnc(Nc3ccccn3)c2)CC1. The third kappa shape index (κ3) is 5.04. The quantitative estimate of drug-likeness (QED) is 0.575. The van der Waals surface area contributed by atoms with Gasteiger partial charge in [0.2, 0.25) is 5.91 Å². The fraction of sp³-hybridized carbons (Fsp3) is 0.320. The molecule has 1 saturated heterocycles. The molecule has 1 amide bonds. The molecule has 3 aromatic rings. The van der Waals surface area contributed by atoms with Crippen molar-refractivity contribution in [2.75, 3.05) is 23.7 Å². The Kier molecular flexibility index (Phi) is 6.35. The van der Waals surface area contributed by atoms with Crippen molar-refractivity contribution >= 4 is 23.2 Å². The standard InChI is InChI=1S/C25H28FN5O/c1-25(2,30-21-8-4-3-7-20(21)26)24(32)31-15-11-18(12-16-31)19-10-14-28-23(17-19)29-22-9-5-6-13-27-22/h3-10,13-14,17-18,30H,11-12,15-16H2,1-2H3,(H,27,28,29). The number of carbonyl (C=O) groups excluding carboxylic acids is 1. The molecule has 6 nitrogen and oxygen atoms in total. The van der Waals surface area contributed by atoms with Gasteiger partial charge in [0.25, 0.3) is 0 Å². The predicted molar refractivity (Wildman–Crippen MR) is 124 cm³/mol. The molecule has 2 aromatic heterocycles. The summed E-state index contributed by atoms with van der Waals surface area (Å²) >= 11 is 0. The molecule has 1 fully saturated rings. The zero-order valence-electron chi connectivity index (χ0n) is 18.4. The lowest BCUT2D eigenvalue weighted by molar-refractivity contribution is -0.136. The Balaban J connectivity index is 1.37. The van der Waals surface area contributed by atoms with Gasteiger partial charge in [-0.2, -0.15) is 0 Å². The number of nitrogens with zero attached hydrogens (tertiary/aromatic N) is 3. The lowest BCUT2D eigenvalue weighted by atomic mass is 9.89. The van der Waals surface area contributed by atoms with Crippen molar-refractivity contribution in [3.8, 4) is 0 Å². The molecule has 0 atom stereocenters. The molecule has 3 heterocycles. The van der Waals surface area contributed by atoms with E-state index >= 15 is 0 Å². The molecular weight excluding hydrogens is 405 g/mol. The Bertz CT molecular complexity index is 1060. The van der Waals surface area contributed by atoms with Gasteiger partial charge in [-0.15, -0.1) is 0 Å². The Morgan fingerprint density at radius 2 is 1.72 bits per heavy atom. The first-order valence-corrected chi connectivity index (χ1v) is 10.9. The van der Waals surface area contributed by atoms with Crippen LogP contribution < -0.4 is 10.6 Å². The van der Waals surface area contributed by atoms with Gasteiger partial charge in [0, 0.05) is 25.5 Å². The first-order valence-electron chi connectivity index (χ1n) is 10.9. The van der Waals surface area contributed by atoms with E-state index in [-0.39, 0.29) is 11.7 Å². The number of para-hydroxylation sites is 1. The van der Waals surface area contributed by atoms with Gasteiger partial charge in [-0.25, -0.2) is 14.4 Å². The van der Waals surface area contributed by atoms with Gasteiger partial charge in [-0.1, -0.05) is 18.2 Å². The van der Waals surface area contributed by atoms with Crippen molar-refractivity contribution < 1.29 is 9.18 Å². The molecule has 32 heavy (non-hydrogen) atoms. The van der Waals surface area contributed by atoms with Crippen LogP contribution in [-0.4, -0.2) is 39.4 Å². The molecule has 1 aliphatic rings. The second-order valence-corrected chi connectivity index (χ2v) is 8.61. The van der Waals surface area contributed by atoms with Gasteiger partial charge in [0.15, 0.2) is 0 Å². The Morgan fingerprint density at radius 3 is 2.44 bits per heavy atom. The summed E-state index contributed by atoms with van der Waals surface area (Å²) < 4.78 is 14.0. The third-order valence-corrected chi connectivity index (χ3v) is 5.81. The average molecular weight is 434 g/mol. The molecular formula is C25H28FN5O. The molecule has 0 saturated carbocycles. The second-order valence-electron chi connectivity index (χ2n) is 8.61. The van der Waals surface area contributed by atoms with Crippen molar-refractivity contribution in [3.05, 3.63) is 78.4 Å². The van der Waals surface area contributed by atoms with E-state index in [1.165, 1.54) is 11.6 Å². The van der Waals surface area contributed by atoms with Crippen LogP contribution in [0.1, 0.15) is 38.2 Å². The van der Waals surface area contributed by atoms with Crippen LogP contribution in [0, 0.1) is 5.82 Å². The lowest BCUT2D eigenvalue weighted by Crippen LogP contribution is -2.52. The first-order chi connectivity index (χ1) is 15.4. The summed E-state index contributed by atoms with van der Waals surface area (Å²) in [6, 6.07) is 16.2. The molecule has 0 bridgehead atoms. The van der Waals surface area contributed by atoms with Crippen LogP contribution in [0.25, 0.3) is 0 Å². The first kappa shape index (κ1) is 21.7. The van der Waals surface area contributed by atoms with Crippen molar-refractivity contribution in [1.29, 1.82) is 0 Å². The van der Waals surface area contributed by atoms with Crippen LogP contribution in [0.5, 0.6) is 0 Å². The number of pyridine rings is 2. The maximum atomic E-state index is 14.0. The molecule has 1 aliphatic heterocycles. The zero-order chi connectivity index (χ0) is 22.6. The second kappa shape index (κ2) is 9.34. The smallest absolute Gasteiger partial charge is 0.247 e. The van der Waals surface area contributed by atoms with Crippen LogP contribution in [-0.2, 0) is 4.79 Å². The fourth-order valence-corrected chi connectivity index (χ4v) is 4.10. The highest BCUT2D eigenvalue weighted by molar-refractivity contribution is 5.88. The molecule has 4 rings (SSSR count). The van der Waals surface area contributed by atoms with Gasteiger partial charge in [-0.05, 0) is 74.6 Å². The summed E-state index contributed by atoms with van der Waals surface area (Å²) in [7, 11) is 0. The Hall–Kier alpha value is -3.48. The van der Waals surface area contributed by atoms with Gasteiger partial charge < -0.3 is 15.5 Å². The number of likely N-dealkylation sites (tertiary alicyclic amines) is 1. The highest BCUT2D eigenvalue weighted by Gasteiger charge is 2.34. The van der Waals surface area contributed by atoms with Crippen LogP contribution in [0.15, 0.2) is 67.0 Å². The van der Waals surface area contributed by atoms with Gasteiger partial charge >= 0.3 is 0 Å². The van der Waals surface area contributed by atoms with Crippen LogP contribution in [0.4, 0.5) is 21.7 Å². The number of piperidine rings is 1. The largest absolute Gasteiger partial charge is 0.369 e. The van der Waals surface area contributed by atoms with E-state index in [0.29, 0.717) is 24.7 Å². The van der Waals surface area contributed by atoms with Crippen LogP contribution in [0.2, 0.25) is 0 Å². The summed E-state index contributed by atoms with van der Waals surface area (Å²) in [5.74, 6) is 1.48. The number of hydrogen-bond acceptors (Lipinski definition) is 5. The van der Waals surface area contributed by atoms with Crippen molar-refractivity contribution in [3.63, 3.8) is 0 Å². The minimum absolute atomic E-state index is 0.0218. The number of anilines is 3. The minimum atomic E-state index is -0.897. The third-order valence-electron chi connectivity index (χ3n) is 5.81. The number of hydrogen-bond donors (Lipinski definition) is 2. The topological polar surface area (TPSA) is 70.2 Å². The molecule has 1 aromatic carbocycles. The minimum Gasteiger partial charge on any atom is -0.369 e. The zero-order valence-corrected chi connectivity index (χ0v) is 18.4. The van der Waals surface area contributed by atoms with E-state index in [9.17, 15) is 9.18 Å². The van der Waals surface area contributed by atoms with Gasteiger partial charge in [0.1, 0.15) is 23.0 Å². The Morgan fingerprint density at radius 1 is 1.00 bits per heavy atom. The van der Waals surface area contributed by atoms with E-state index in [4.69, 9.17) is 0 Å². The molecule has 0 spiro atoms. The van der Waals surface area contributed by atoms with E-state index in [1.54, 1.807) is 44.4 Å². The monoisotopic (exact) mass is 433 g/mol. The van der Waals surface area contributed by atoms with Gasteiger partial charge in [-0.3, -0.25) is 4.79 Å². The number of benzene rings is 1. The number of amides is 1. The summed E-state index contributed by atoms with van der Waals surface area (Å²) in [6.45, 7) is 4.92. The number of rotatable bonds is 6. The molecule has 2 N–H and O–H groups in total. The summed E-state index contributed by atoms with van der Waals surface area (Å²) in [5.41, 5.74) is 0.644. The highest BCUT2D eigenvalue weighted by atomic mass is 19.1. The molecule has 0 radical (unpaired) electrons. The molecule has 7 heteroatoms. The van der Waals surface area contributed by atoms with E-state index in [1.807, 2.05) is 29.2 Å². The number of aromatic nitrogens is 2. The van der Waals surface area contributed by atoms with Crippen LogP contribution >= 0.6 is 0 Å². The summed E-state index contributed by atoms with van der Waals surface area (Å²) in [6.07, 6.45) is 5.28. The highest BCUT2D eigenvalue weighted by Crippen LogP contribution is 2.31. The fourth-order valence-electron chi connectivity index (χ4n) is 4.10. The van der Waals surface area contributed by atoms with Gasteiger partial charge in [0.05, 0.1) is 5.69 Å². The maximum absolute atomic E-state index is 14.0. The average Bonchev–Trinajstić information content (AvgIpc) is 2.81. The number of carbonyl (C=O) groups is 1. The van der Waals surface area contributed by atoms with Crippen molar-refractivity contribution in [1.82, 2.24) is 14.9 Å². The van der Waals surface area contributed by atoms with Crippen molar-refractivity contribution in [2.45, 2.75) is 38.1 Å². The van der Waals surface area contributed by atoms with E-state index < -0.39 is 5.54 Å². The molecule has 0 aliphatic carbocycles. The normalized spacial score (nSPS) is 14.8. The summed E-state index contributed by atoms with van der Waals surface area (Å²) in [4.78, 5) is 23.7. The number of halogens is 1. The maximum Gasteiger partial charge on any atom is 0.247 e. The predicted octanol–water partition coefficient (Wildman–Crippen LogP) is 4.96. The number of nitrogens with one attached hydrogen (secondary N) is 2. The lowest BCUT2D eigenvalue weighted by Gasteiger charge is -2.38. The van der Waals surface area contributed by atoms with E-state index in [0.717, 1.165) is 24.5 Å².